The van der Waals surface area contributed by atoms with Crippen LogP contribution in [0.15, 0.2) is 54.7 Å². The first-order valence-corrected chi connectivity index (χ1v) is 7.31. The maximum atomic E-state index is 13.0. The normalized spacial score (nSPS) is 15.7. The molecule has 3 nitrogen and oxygen atoms in total. The van der Waals surface area contributed by atoms with Gasteiger partial charge >= 0.3 is 0 Å². The molecule has 22 heavy (non-hydrogen) atoms. The molecule has 0 aliphatic heterocycles. The lowest BCUT2D eigenvalue weighted by atomic mass is 9.96. The van der Waals surface area contributed by atoms with Crippen LogP contribution in [0.4, 0.5) is 4.39 Å². The van der Waals surface area contributed by atoms with Gasteiger partial charge < -0.3 is 5.32 Å². The van der Waals surface area contributed by atoms with Crippen molar-refractivity contribution >= 4 is 12.0 Å². The van der Waals surface area contributed by atoms with E-state index in [1.165, 1.54) is 18.2 Å². The molecular formula is C18H17FN2O. The molecule has 0 bridgehead atoms. The molecule has 1 aromatic heterocycles. The number of nitrogens with zero attached hydrogens (tertiary/aromatic N) is 1. The van der Waals surface area contributed by atoms with E-state index in [2.05, 4.69) is 10.3 Å². The largest absolute Gasteiger partial charge is 0.352 e. The number of benzene rings is 1. The van der Waals surface area contributed by atoms with Gasteiger partial charge in [0.1, 0.15) is 5.82 Å². The van der Waals surface area contributed by atoms with E-state index in [1.807, 2.05) is 18.2 Å². The van der Waals surface area contributed by atoms with Crippen molar-refractivity contribution in [2.75, 3.05) is 6.54 Å². The highest BCUT2D eigenvalue weighted by Gasteiger charge is 2.44. The van der Waals surface area contributed by atoms with E-state index < -0.39 is 0 Å². The first-order valence-electron chi connectivity index (χ1n) is 7.31. The molecule has 0 radical (unpaired) electrons. The van der Waals surface area contributed by atoms with Gasteiger partial charge in [0.05, 0.1) is 5.69 Å². The first kappa shape index (κ1) is 14.4. The minimum atomic E-state index is -0.234. The molecule has 112 valence electrons. The van der Waals surface area contributed by atoms with Crippen molar-refractivity contribution < 1.29 is 9.18 Å². The van der Waals surface area contributed by atoms with Gasteiger partial charge in [-0.1, -0.05) is 18.2 Å². The lowest BCUT2D eigenvalue weighted by Gasteiger charge is -2.15. The van der Waals surface area contributed by atoms with Crippen molar-refractivity contribution in [3.05, 3.63) is 71.8 Å². The van der Waals surface area contributed by atoms with Crippen LogP contribution in [0.5, 0.6) is 0 Å². The summed E-state index contributed by atoms with van der Waals surface area (Å²) in [4.78, 5) is 16.0. The Morgan fingerprint density at radius 3 is 2.64 bits per heavy atom. The SMILES string of the molecule is O=C(/C=C/c1ccccn1)NCC1(c2ccc(F)cc2)CC1. The van der Waals surface area contributed by atoms with Crippen LogP contribution < -0.4 is 5.32 Å². The molecule has 1 aliphatic carbocycles. The molecule has 1 aromatic carbocycles. The van der Waals surface area contributed by atoms with E-state index in [0.29, 0.717) is 6.54 Å². The van der Waals surface area contributed by atoms with Crippen molar-refractivity contribution in [1.29, 1.82) is 0 Å². The third-order valence-corrected chi connectivity index (χ3v) is 4.00. The third-order valence-electron chi connectivity index (χ3n) is 4.00. The summed E-state index contributed by atoms with van der Waals surface area (Å²) in [6.45, 7) is 0.573. The second-order valence-corrected chi connectivity index (χ2v) is 5.59. The Bertz CT molecular complexity index is 676. The first-order chi connectivity index (χ1) is 10.7. The van der Waals surface area contributed by atoms with Gasteiger partial charge in [-0.3, -0.25) is 9.78 Å². The topological polar surface area (TPSA) is 42.0 Å². The van der Waals surface area contributed by atoms with Crippen LogP contribution >= 0.6 is 0 Å². The lowest BCUT2D eigenvalue weighted by molar-refractivity contribution is -0.116. The zero-order valence-corrected chi connectivity index (χ0v) is 12.1. The van der Waals surface area contributed by atoms with Crippen LogP contribution in [0.2, 0.25) is 0 Å². The molecule has 1 amide bonds. The smallest absolute Gasteiger partial charge is 0.244 e. The maximum Gasteiger partial charge on any atom is 0.244 e. The molecule has 1 saturated carbocycles. The molecule has 1 heterocycles. The van der Waals surface area contributed by atoms with E-state index in [4.69, 9.17) is 0 Å². The highest BCUT2D eigenvalue weighted by molar-refractivity contribution is 5.91. The second-order valence-electron chi connectivity index (χ2n) is 5.59. The van der Waals surface area contributed by atoms with Crippen LogP contribution in [-0.2, 0) is 10.2 Å². The lowest BCUT2D eigenvalue weighted by Crippen LogP contribution is -2.31. The molecule has 1 aliphatic rings. The summed E-state index contributed by atoms with van der Waals surface area (Å²) in [6.07, 6.45) is 6.90. The van der Waals surface area contributed by atoms with Crippen molar-refractivity contribution in [3.8, 4) is 0 Å². The predicted octanol–water partition coefficient (Wildman–Crippen LogP) is 3.08. The standard InChI is InChI=1S/C18H17FN2O/c19-15-6-4-14(5-7-15)18(10-11-18)13-21-17(22)9-8-16-3-1-2-12-20-16/h1-9,12H,10-11,13H2,(H,21,22)/b9-8+. The van der Waals surface area contributed by atoms with Gasteiger partial charge in [0.25, 0.3) is 0 Å². The van der Waals surface area contributed by atoms with Gasteiger partial charge in [-0.25, -0.2) is 4.39 Å². The second kappa shape index (κ2) is 6.10. The number of nitrogens with one attached hydrogen (secondary N) is 1. The Labute approximate surface area is 128 Å². The Balaban J connectivity index is 1.57. The predicted molar refractivity (Wildman–Crippen MR) is 83.6 cm³/mol. The van der Waals surface area contributed by atoms with Gasteiger partial charge in [0, 0.05) is 24.2 Å². The average molecular weight is 296 g/mol. The van der Waals surface area contributed by atoms with Gasteiger partial charge in [0.2, 0.25) is 5.91 Å². The Kier molecular flexibility index (Phi) is 4.00. The molecule has 4 heteroatoms. The van der Waals surface area contributed by atoms with Crippen molar-refractivity contribution in [1.82, 2.24) is 10.3 Å². The van der Waals surface area contributed by atoms with Crippen LogP contribution in [0, 0.1) is 5.82 Å². The molecule has 0 spiro atoms. The summed E-state index contributed by atoms with van der Waals surface area (Å²) < 4.78 is 13.0. The number of pyridine rings is 1. The highest BCUT2D eigenvalue weighted by atomic mass is 19.1. The van der Waals surface area contributed by atoms with Crippen LogP contribution in [0.25, 0.3) is 6.08 Å². The minimum absolute atomic E-state index is 0.0256. The maximum absolute atomic E-state index is 13.0. The number of carbonyl (C=O) groups is 1. The zero-order valence-electron chi connectivity index (χ0n) is 12.1. The number of rotatable bonds is 5. The van der Waals surface area contributed by atoms with E-state index in [-0.39, 0.29) is 17.1 Å². The Morgan fingerprint density at radius 2 is 2.00 bits per heavy atom. The number of aromatic nitrogens is 1. The van der Waals surface area contributed by atoms with Crippen molar-refractivity contribution in [2.45, 2.75) is 18.3 Å². The summed E-state index contributed by atoms with van der Waals surface area (Å²) in [6, 6.07) is 12.1. The number of amides is 1. The van der Waals surface area contributed by atoms with Crippen molar-refractivity contribution in [2.24, 2.45) is 0 Å². The van der Waals surface area contributed by atoms with Gasteiger partial charge in [0.15, 0.2) is 0 Å². The third kappa shape index (κ3) is 3.39. The minimum Gasteiger partial charge on any atom is -0.352 e. The summed E-state index contributed by atoms with van der Waals surface area (Å²) in [7, 11) is 0. The molecule has 0 saturated heterocycles. The molecule has 1 N–H and O–H groups in total. The molecule has 0 atom stereocenters. The fraction of sp³-hybridized carbons (Fsp3) is 0.222. The van der Waals surface area contributed by atoms with E-state index in [9.17, 15) is 9.18 Å². The fourth-order valence-corrected chi connectivity index (χ4v) is 2.47. The van der Waals surface area contributed by atoms with Gasteiger partial charge in [-0.05, 0) is 48.7 Å². The van der Waals surface area contributed by atoms with E-state index in [1.54, 1.807) is 24.4 Å². The summed E-state index contributed by atoms with van der Waals surface area (Å²) in [5.41, 5.74) is 1.81. The fourth-order valence-electron chi connectivity index (χ4n) is 2.47. The van der Waals surface area contributed by atoms with Gasteiger partial charge in [-0.2, -0.15) is 0 Å². The number of hydrogen-bond acceptors (Lipinski definition) is 2. The Hall–Kier alpha value is -2.49. The summed E-state index contributed by atoms with van der Waals surface area (Å²) in [5.74, 6) is -0.374. The molecule has 0 unspecified atom stereocenters. The zero-order chi connectivity index (χ0) is 15.4. The molecule has 3 rings (SSSR count). The molecule has 2 aromatic rings. The quantitative estimate of drug-likeness (QED) is 0.862. The Morgan fingerprint density at radius 1 is 1.23 bits per heavy atom. The average Bonchev–Trinajstić information content (AvgIpc) is 3.34. The molecular weight excluding hydrogens is 279 g/mol. The number of hydrogen-bond donors (Lipinski definition) is 1. The van der Waals surface area contributed by atoms with Crippen LogP contribution in [0.1, 0.15) is 24.1 Å². The van der Waals surface area contributed by atoms with E-state index >= 15 is 0 Å². The van der Waals surface area contributed by atoms with Crippen LogP contribution in [0.3, 0.4) is 0 Å². The van der Waals surface area contributed by atoms with Crippen molar-refractivity contribution in [3.63, 3.8) is 0 Å². The van der Waals surface area contributed by atoms with E-state index in [0.717, 1.165) is 24.1 Å². The van der Waals surface area contributed by atoms with Gasteiger partial charge in [-0.15, -0.1) is 0 Å². The highest BCUT2D eigenvalue weighted by Crippen LogP contribution is 2.47. The summed E-state index contributed by atoms with van der Waals surface area (Å²) in [5, 5.41) is 2.92. The number of halogens is 1. The monoisotopic (exact) mass is 296 g/mol. The summed E-state index contributed by atoms with van der Waals surface area (Å²) >= 11 is 0. The van der Waals surface area contributed by atoms with Crippen LogP contribution in [-0.4, -0.2) is 17.4 Å². The number of carbonyl (C=O) groups excluding carboxylic acids is 1. The molecule has 1 fully saturated rings.